The molecule has 2 heterocycles. The molecule has 2 aromatic carbocycles. The van der Waals surface area contributed by atoms with Crippen LogP contribution in [0, 0.1) is 0 Å². The Hall–Kier alpha value is -3.14. The van der Waals surface area contributed by atoms with Crippen LogP contribution in [-0.2, 0) is 4.79 Å². The average Bonchev–Trinajstić information content (AvgIpc) is 3.44. The van der Waals surface area contributed by atoms with Crippen molar-refractivity contribution in [3.8, 4) is 17.2 Å². The highest BCUT2D eigenvalue weighted by atomic mass is 32.2. The van der Waals surface area contributed by atoms with Gasteiger partial charge in [-0.25, -0.2) is 4.79 Å². The first-order valence-electron chi connectivity index (χ1n) is 9.94. The van der Waals surface area contributed by atoms with Crippen molar-refractivity contribution in [2.75, 3.05) is 18.6 Å². The number of hydrogen-bond donors (Lipinski definition) is 0. The van der Waals surface area contributed by atoms with Gasteiger partial charge in [-0.1, -0.05) is 36.1 Å². The number of benzene rings is 2. The van der Waals surface area contributed by atoms with E-state index in [1.807, 2.05) is 12.3 Å². The van der Waals surface area contributed by atoms with Gasteiger partial charge in [0.05, 0.1) is 24.3 Å². The Morgan fingerprint density at radius 1 is 1.12 bits per heavy atom. The van der Waals surface area contributed by atoms with Gasteiger partial charge in [0.25, 0.3) is 5.91 Å². The Morgan fingerprint density at radius 3 is 2.58 bits per heavy atom. The molecule has 0 saturated carbocycles. The summed E-state index contributed by atoms with van der Waals surface area (Å²) in [5.41, 5.74) is 1.40. The number of carbonyl (C=O) groups excluding carboxylic acids is 2. The quantitative estimate of drug-likeness (QED) is 0.177. The molecule has 1 aromatic heterocycles. The number of anilines is 1. The smallest absolute Gasteiger partial charge is 0.353 e. The molecule has 1 fully saturated rings. The fraction of sp³-hybridized carbons (Fsp3) is 0.125. The number of thiocarbonyl (C=S) groups is 1. The number of rotatable bonds is 7. The lowest BCUT2D eigenvalue weighted by Gasteiger charge is -2.14. The number of methoxy groups -OCH3 is 1. The second-order valence-electron chi connectivity index (χ2n) is 6.72. The summed E-state index contributed by atoms with van der Waals surface area (Å²) in [6.45, 7) is 2.24. The van der Waals surface area contributed by atoms with Gasteiger partial charge in [-0.05, 0) is 66.4 Å². The molecule has 0 atom stereocenters. The van der Waals surface area contributed by atoms with Crippen LogP contribution in [0.3, 0.4) is 0 Å². The summed E-state index contributed by atoms with van der Waals surface area (Å²) in [5, 5.41) is 1.81. The van der Waals surface area contributed by atoms with Crippen molar-refractivity contribution in [1.82, 2.24) is 0 Å². The number of hydrogen-bond acceptors (Lipinski definition) is 8. The van der Waals surface area contributed by atoms with Crippen molar-refractivity contribution in [3.63, 3.8) is 0 Å². The summed E-state index contributed by atoms with van der Waals surface area (Å²) < 4.78 is 16.8. The van der Waals surface area contributed by atoms with E-state index >= 15 is 0 Å². The molecule has 0 N–H and O–H groups in total. The summed E-state index contributed by atoms with van der Waals surface area (Å²) in [6.07, 6.45) is 1.75. The van der Waals surface area contributed by atoms with Gasteiger partial charge in [0.15, 0.2) is 15.8 Å². The second kappa shape index (κ2) is 10.2. The molecular formula is C24H19NO5S3. The van der Waals surface area contributed by atoms with E-state index in [4.69, 9.17) is 26.4 Å². The topological polar surface area (TPSA) is 65.1 Å². The predicted octanol–water partition coefficient (Wildman–Crippen LogP) is 5.78. The first kappa shape index (κ1) is 23.0. The van der Waals surface area contributed by atoms with Gasteiger partial charge >= 0.3 is 5.97 Å². The van der Waals surface area contributed by atoms with E-state index < -0.39 is 5.97 Å². The minimum absolute atomic E-state index is 0.207. The van der Waals surface area contributed by atoms with Crippen LogP contribution in [0.25, 0.3) is 6.08 Å². The van der Waals surface area contributed by atoms with Crippen LogP contribution in [-0.4, -0.2) is 29.9 Å². The first-order chi connectivity index (χ1) is 16.0. The lowest BCUT2D eigenvalue weighted by atomic mass is 10.1. The minimum Gasteiger partial charge on any atom is -0.497 e. The second-order valence-corrected chi connectivity index (χ2v) is 9.34. The minimum atomic E-state index is -0.445. The van der Waals surface area contributed by atoms with E-state index in [1.165, 1.54) is 28.0 Å². The number of thiophene rings is 1. The van der Waals surface area contributed by atoms with E-state index in [9.17, 15) is 9.59 Å². The zero-order valence-electron chi connectivity index (χ0n) is 17.8. The third-order valence-electron chi connectivity index (χ3n) is 4.61. The molecule has 33 heavy (non-hydrogen) atoms. The molecule has 0 aliphatic carbocycles. The molecular weight excluding hydrogens is 478 g/mol. The lowest BCUT2D eigenvalue weighted by Crippen LogP contribution is -2.27. The Kier molecular flexibility index (Phi) is 7.12. The zero-order chi connectivity index (χ0) is 23.4. The number of nitrogens with zero attached hydrogens (tertiary/aromatic N) is 1. The van der Waals surface area contributed by atoms with E-state index in [0.717, 1.165) is 5.56 Å². The standard InChI is InChI=1S/C24H19NO5S3/c1-3-29-19-13-15(6-11-18(19)30-23(27)20-5-4-12-32-20)14-21-22(26)25(24(31)33-21)16-7-9-17(28-2)10-8-16/h4-14H,3H2,1-2H3/b21-14-. The van der Waals surface area contributed by atoms with Gasteiger partial charge in [-0.15, -0.1) is 11.3 Å². The average molecular weight is 498 g/mol. The van der Waals surface area contributed by atoms with E-state index in [-0.39, 0.29) is 5.91 Å². The molecule has 0 bridgehead atoms. The molecule has 4 rings (SSSR count). The van der Waals surface area contributed by atoms with Crippen LogP contribution in [0.1, 0.15) is 22.2 Å². The lowest BCUT2D eigenvalue weighted by molar-refractivity contribution is -0.113. The van der Waals surface area contributed by atoms with Gasteiger partial charge < -0.3 is 14.2 Å². The Bertz CT molecular complexity index is 1220. The van der Waals surface area contributed by atoms with Gasteiger partial charge in [-0.3, -0.25) is 9.69 Å². The molecule has 9 heteroatoms. The van der Waals surface area contributed by atoms with Crippen molar-refractivity contribution in [2.45, 2.75) is 6.92 Å². The summed E-state index contributed by atoms with van der Waals surface area (Å²) >= 11 is 7.98. The molecule has 1 amide bonds. The molecule has 0 radical (unpaired) electrons. The molecule has 168 valence electrons. The molecule has 0 spiro atoms. The third kappa shape index (κ3) is 5.11. The van der Waals surface area contributed by atoms with Crippen LogP contribution in [0.2, 0.25) is 0 Å². The number of thioether (sulfide) groups is 1. The van der Waals surface area contributed by atoms with E-state index in [2.05, 4.69) is 0 Å². The third-order valence-corrected chi connectivity index (χ3v) is 6.77. The zero-order valence-corrected chi connectivity index (χ0v) is 20.2. The van der Waals surface area contributed by atoms with Gasteiger partial charge in [0.1, 0.15) is 10.6 Å². The van der Waals surface area contributed by atoms with Crippen LogP contribution in [0.4, 0.5) is 5.69 Å². The highest BCUT2D eigenvalue weighted by Crippen LogP contribution is 2.38. The monoisotopic (exact) mass is 497 g/mol. The number of carbonyl (C=O) groups is 2. The van der Waals surface area contributed by atoms with Crippen LogP contribution in [0.15, 0.2) is 64.9 Å². The van der Waals surface area contributed by atoms with Crippen LogP contribution in [0.5, 0.6) is 17.2 Å². The fourth-order valence-electron chi connectivity index (χ4n) is 3.08. The number of amides is 1. The van der Waals surface area contributed by atoms with Gasteiger partial charge in [0.2, 0.25) is 0 Å². The van der Waals surface area contributed by atoms with Crippen LogP contribution >= 0.6 is 35.3 Å². The normalized spacial score (nSPS) is 14.6. The number of ether oxygens (including phenoxy) is 3. The van der Waals surface area contributed by atoms with Crippen LogP contribution < -0.4 is 19.1 Å². The van der Waals surface area contributed by atoms with E-state index in [1.54, 1.807) is 67.8 Å². The maximum absolute atomic E-state index is 13.0. The summed E-state index contributed by atoms with van der Waals surface area (Å²) in [4.78, 5) is 27.9. The molecule has 6 nitrogen and oxygen atoms in total. The molecule has 1 aliphatic heterocycles. The molecule has 0 unspecified atom stereocenters. The Labute approximate surface area is 204 Å². The van der Waals surface area contributed by atoms with Crippen molar-refractivity contribution >= 4 is 63.3 Å². The van der Waals surface area contributed by atoms with Crippen molar-refractivity contribution < 1.29 is 23.8 Å². The summed E-state index contributed by atoms with van der Waals surface area (Å²) in [6, 6.07) is 15.8. The van der Waals surface area contributed by atoms with Gasteiger partial charge in [0, 0.05) is 0 Å². The van der Waals surface area contributed by atoms with Crippen molar-refractivity contribution in [3.05, 3.63) is 75.3 Å². The SMILES string of the molecule is CCOc1cc(/C=C2\SC(=S)N(c3ccc(OC)cc3)C2=O)ccc1OC(=O)c1cccs1. The van der Waals surface area contributed by atoms with Gasteiger partial charge in [-0.2, -0.15) is 0 Å². The fourth-order valence-corrected chi connectivity index (χ4v) is 4.98. The maximum atomic E-state index is 13.0. The highest BCUT2D eigenvalue weighted by molar-refractivity contribution is 8.27. The molecule has 1 aliphatic rings. The van der Waals surface area contributed by atoms with E-state index in [0.29, 0.717) is 43.6 Å². The number of esters is 1. The predicted molar refractivity (Wildman–Crippen MR) is 136 cm³/mol. The summed E-state index contributed by atoms with van der Waals surface area (Å²) in [7, 11) is 1.59. The molecule has 1 saturated heterocycles. The highest BCUT2D eigenvalue weighted by Gasteiger charge is 2.33. The summed E-state index contributed by atoms with van der Waals surface area (Å²) in [5.74, 6) is 0.781. The largest absolute Gasteiger partial charge is 0.497 e. The Balaban J connectivity index is 1.57. The maximum Gasteiger partial charge on any atom is 0.353 e. The van der Waals surface area contributed by atoms with Crippen molar-refractivity contribution in [1.29, 1.82) is 0 Å². The van der Waals surface area contributed by atoms with Crippen molar-refractivity contribution in [2.24, 2.45) is 0 Å². The molecule has 3 aromatic rings. The first-order valence-corrected chi connectivity index (χ1v) is 12.0. The Morgan fingerprint density at radius 2 is 1.91 bits per heavy atom.